The molecular formula is C17H20ClF2N5O2. The number of amidine groups is 1. The summed E-state index contributed by atoms with van der Waals surface area (Å²) in [4.78, 5) is 31.4. The number of carbonyl (C=O) groups excluding carboxylic acids is 2. The highest BCUT2D eigenvalue weighted by Gasteiger charge is 2.42. The Balaban J connectivity index is 1.68. The standard InChI is InChI=1S/C17H20ClF2N5O2/c18-14-5-4-10(6-22-14)7-23-17(27)25-13(2-1-3-15(25)21)16(26)24-8-11(19)12(20)9-24/h4-6,11-13,21H,1-3,7-9H2,(H,23,27). The zero-order chi connectivity index (χ0) is 19.6. The molecule has 0 aliphatic carbocycles. The lowest BCUT2D eigenvalue weighted by Gasteiger charge is -2.36. The van der Waals surface area contributed by atoms with E-state index in [0.717, 1.165) is 9.80 Å². The first-order valence-electron chi connectivity index (χ1n) is 8.68. The Kier molecular flexibility index (Phi) is 5.88. The third-order valence-electron chi connectivity index (χ3n) is 4.72. The molecule has 1 aromatic rings. The van der Waals surface area contributed by atoms with Crippen LogP contribution < -0.4 is 5.32 Å². The molecule has 2 aliphatic rings. The predicted molar refractivity (Wildman–Crippen MR) is 95.1 cm³/mol. The maximum absolute atomic E-state index is 13.4. The summed E-state index contributed by atoms with van der Waals surface area (Å²) >= 11 is 5.72. The quantitative estimate of drug-likeness (QED) is 0.764. The molecule has 2 aliphatic heterocycles. The number of carbonyl (C=O) groups is 2. The molecule has 146 valence electrons. The number of hydrogen-bond donors (Lipinski definition) is 2. The van der Waals surface area contributed by atoms with Crippen LogP contribution in [0.2, 0.25) is 5.15 Å². The van der Waals surface area contributed by atoms with Crippen LogP contribution in [0, 0.1) is 5.41 Å². The highest BCUT2D eigenvalue weighted by Crippen LogP contribution is 2.24. The molecule has 0 saturated carbocycles. The molecule has 0 bridgehead atoms. The highest BCUT2D eigenvalue weighted by atomic mass is 35.5. The molecule has 10 heteroatoms. The zero-order valence-corrected chi connectivity index (χ0v) is 15.3. The molecule has 0 spiro atoms. The van der Waals surface area contributed by atoms with Crippen LogP contribution in [-0.4, -0.2) is 64.0 Å². The van der Waals surface area contributed by atoms with E-state index in [-0.39, 0.29) is 25.5 Å². The fraction of sp³-hybridized carbons (Fsp3) is 0.529. The topological polar surface area (TPSA) is 89.4 Å². The molecule has 1 aromatic heterocycles. The minimum Gasteiger partial charge on any atom is -0.335 e. The normalized spacial score (nSPS) is 25.6. The van der Waals surface area contributed by atoms with Gasteiger partial charge in [-0.15, -0.1) is 0 Å². The largest absolute Gasteiger partial charge is 0.335 e. The predicted octanol–water partition coefficient (Wildman–Crippen LogP) is 2.29. The fourth-order valence-corrected chi connectivity index (χ4v) is 3.40. The highest BCUT2D eigenvalue weighted by molar-refractivity contribution is 6.29. The van der Waals surface area contributed by atoms with Crippen molar-refractivity contribution < 1.29 is 18.4 Å². The number of nitrogens with zero attached hydrogens (tertiary/aromatic N) is 3. The molecule has 3 atom stereocenters. The Morgan fingerprint density at radius 3 is 2.63 bits per heavy atom. The molecule has 2 fully saturated rings. The second-order valence-electron chi connectivity index (χ2n) is 6.65. The maximum Gasteiger partial charge on any atom is 0.323 e. The zero-order valence-electron chi connectivity index (χ0n) is 14.5. The van der Waals surface area contributed by atoms with Crippen molar-refractivity contribution in [2.24, 2.45) is 0 Å². The number of halogens is 3. The van der Waals surface area contributed by atoms with Crippen molar-refractivity contribution in [1.82, 2.24) is 20.1 Å². The third kappa shape index (κ3) is 4.35. The first kappa shape index (κ1) is 19.5. The SMILES string of the molecule is N=C1CCCC(C(=O)N2CC(F)C(F)C2)N1C(=O)NCc1ccc(Cl)nc1. The van der Waals surface area contributed by atoms with E-state index >= 15 is 0 Å². The van der Waals surface area contributed by atoms with E-state index in [1.165, 1.54) is 6.20 Å². The number of urea groups is 1. The Bertz CT molecular complexity index is 723. The van der Waals surface area contributed by atoms with Gasteiger partial charge in [0.15, 0.2) is 12.3 Å². The second-order valence-corrected chi connectivity index (χ2v) is 7.04. The van der Waals surface area contributed by atoms with Crippen molar-refractivity contribution in [2.75, 3.05) is 13.1 Å². The van der Waals surface area contributed by atoms with Crippen LogP contribution >= 0.6 is 11.6 Å². The molecule has 0 radical (unpaired) electrons. The monoisotopic (exact) mass is 399 g/mol. The minimum atomic E-state index is -1.71. The van der Waals surface area contributed by atoms with Gasteiger partial charge in [-0.05, 0) is 24.5 Å². The van der Waals surface area contributed by atoms with Crippen LogP contribution in [0.1, 0.15) is 24.8 Å². The number of nitrogens with one attached hydrogen (secondary N) is 2. The van der Waals surface area contributed by atoms with E-state index in [2.05, 4.69) is 10.3 Å². The first-order chi connectivity index (χ1) is 12.9. The van der Waals surface area contributed by atoms with Gasteiger partial charge in [0.2, 0.25) is 5.91 Å². The van der Waals surface area contributed by atoms with Gasteiger partial charge < -0.3 is 10.2 Å². The van der Waals surface area contributed by atoms with Crippen molar-refractivity contribution in [3.63, 3.8) is 0 Å². The minimum absolute atomic E-state index is 0.0131. The number of pyridine rings is 1. The molecule has 3 rings (SSSR count). The Morgan fingerprint density at radius 1 is 1.30 bits per heavy atom. The van der Waals surface area contributed by atoms with Crippen LogP contribution in [0.3, 0.4) is 0 Å². The Morgan fingerprint density at radius 2 is 2.00 bits per heavy atom. The summed E-state index contributed by atoms with van der Waals surface area (Å²) in [6.45, 7) is -0.498. The van der Waals surface area contributed by atoms with Crippen molar-refractivity contribution >= 4 is 29.4 Å². The number of amides is 3. The average molecular weight is 400 g/mol. The van der Waals surface area contributed by atoms with Gasteiger partial charge in [-0.2, -0.15) is 0 Å². The van der Waals surface area contributed by atoms with Crippen LogP contribution in [-0.2, 0) is 11.3 Å². The van der Waals surface area contributed by atoms with Gasteiger partial charge in [-0.25, -0.2) is 18.6 Å². The lowest BCUT2D eigenvalue weighted by Crippen LogP contribution is -2.57. The maximum atomic E-state index is 13.4. The molecule has 27 heavy (non-hydrogen) atoms. The Labute approximate surface area is 160 Å². The molecule has 2 saturated heterocycles. The first-order valence-corrected chi connectivity index (χ1v) is 9.06. The summed E-state index contributed by atoms with van der Waals surface area (Å²) in [5, 5.41) is 11.1. The molecule has 0 aromatic carbocycles. The van der Waals surface area contributed by atoms with Gasteiger partial charge in [0.25, 0.3) is 0 Å². The number of alkyl halides is 2. The number of likely N-dealkylation sites (tertiary alicyclic amines) is 2. The molecule has 3 heterocycles. The van der Waals surface area contributed by atoms with Crippen LogP contribution in [0.25, 0.3) is 0 Å². The lowest BCUT2D eigenvalue weighted by molar-refractivity contribution is -0.134. The third-order valence-corrected chi connectivity index (χ3v) is 4.95. The summed E-state index contributed by atoms with van der Waals surface area (Å²) in [5.41, 5.74) is 0.708. The molecule has 2 N–H and O–H groups in total. The van der Waals surface area contributed by atoms with Gasteiger partial charge in [-0.1, -0.05) is 17.7 Å². The fourth-order valence-electron chi connectivity index (χ4n) is 3.29. The van der Waals surface area contributed by atoms with Crippen molar-refractivity contribution in [3.8, 4) is 0 Å². The van der Waals surface area contributed by atoms with Gasteiger partial charge in [0, 0.05) is 19.2 Å². The average Bonchev–Trinajstić information content (AvgIpc) is 2.99. The summed E-state index contributed by atoms with van der Waals surface area (Å²) in [7, 11) is 0. The second kappa shape index (κ2) is 8.16. The summed E-state index contributed by atoms with van der Waals surface area (Å²) in [5.74, 6) is -0.510. The van der Waals surface area contributed by atoms with E-state index < -0.39 is 30.3 Å². The van der Waals surface area contributed by atoms with Crippen molar-refractivity contribution in [1.29, 1.82) is 5.41 Å². The van der Waals surface area contributed by atoms with E-state index in [1.54, 1.807) is 12.1 Å². The van der Waals surface area contributed by atoms with E-state index in [0.29, 0.717) is 30.0 Å². The molecule has 7 nitrogen and oxygen atoms in total. The van der Waals surface area contributed by atoms with Crippen molar-refractivity contribution in [3.05, 3.63) is 29.0 Å². The number of aromatic nitrogens is 1. The molecule has 3 unspecified atom stereocenters. The van der Waals surface area contributed by atoms with Crippen LogP contribution in [0.15, 0.2) is 18.3 Å². The van der Waals surface area contributed by atoms with Gasteiger partial charge in [-0.3, -0.25) is 15.1 Å². The van der Waals surface area contributed by atoms with E-state index in [4.69, 9.17) is 17.0 Å². The number of hydrogen-bond acceptors (Lipinski definition) is 4. The summed E-state index contributed by atoms with van der Waals surface area (Å²) in [6.07, 6.45) is -0.641. The van der Waals surface area contributed by atoms with Crippen LogP contribution in [0.5, 0.6) is 0 Å². The summed E-state index contributed by atoms with van der Waals surface area (Å²) in [6, 6.07) is 1.77. The van der Waals surface area contributed by atoms with Gasteiger partial charge >= 0.3 is 6.03 Å². The number of piperidine rings is 1. The van der Waals surface area contributed by atoms with E-state index in [1.807, 2.05) is 0 Å². The van der Waals surface area contributed by atoms with Crippen molar-refractivity contribution in [2.45, 2.75) is 44.2 Å². The lowest BCUT2D eigenvalue weighted by atomic mass is 10.0. The Hall–Kier alpha value is -2.29. The van der Waals surface area contributed by atoms with Crippen LogP contribution in [0.4, 0.5) is 13.6 Å². The molecule has 3 amide bonds. The van der Waals surface area contributed by atoms with Gasteiger partial charge in [0.05, 0.1) is 13.1 Å². The van der Waals surface area contributed by atoms with Gasteiger partial charge in [0.1, 0.15) is 17.0 Å². The smallest absolute Gasteiger partial charge is 0.323 e. The molecular weight excluding hydrogens is 380 g/mol. The van der Waals surface area contributed by atoms with E-state index in [9.17, 15) is 18.4 Å². The number of rotatable bonds is 3. The summed E-state index contributed by atoms with van der Waals surface area (Å²) < 4.78 is 26.9.